The molecule has 7 heteroatoms. The van der Waals surface area contributed by atoms with Gasteiger partial charge in [0, 0.05) is 11.8 Å². The normalized spacial score (nSPS) is 22.6. The maximum absolute atomic E-state index is 11.9. The van der Waals surface area contributed by atoms with Crippen molar-refractivity contribution in [3.8, 4) is 6.01 Å². The predicted octanol–water partition coefficient (Wildman–Crippen LogP) is 3.58. The van der Waals surface area contributed by atoms with Gasteiger partial charge in [-0.1, -0.05) is 91.0 Å². The van der Waals surface area contributed by atoms with E-state index in [1.807, 2.05) is 91.0 Å². The summed E-state index contributed by atoms with van der Waals surface area (Å²) in [5.74, 6) is 0. The summed E-state index contributed by atoms with van der Waals surface area (Å²) < 4.78 is 20.6. The highest BCUT2D eigenvalue weighted by Gasteiger charge is 2.52. The van der Waals surface area contributed by atoms with Crippen LogP contribution >= 0.6 is 0 Å². The van der Waals surface area contributed by atoms with Crippen LogP contribution in [0.5, 0.6) is 6.01 Å². The Morgan fingerprint density at radius 3 is 1.97 bits per heavy atom. The smallest absolute Gasteiger partial charge is 0.302 e. The van der Waals surface area contributed by atoms with Crippen LogP contribution < -0.4 is 10.3 Å². The van der Waals surface area contributed by atoms with Crippen LogP contribution in [0.1, 0.15) is 28.5 Å². The van der Waals surface area contributed by atoms with Crippen molar-refractivity contribution in [2.45, 2.75) is 37.1 Å². The Balaban J connectivity index is 1.36. The Morgan fingerprint density at radius 1 is 0.917 bits per heavy atom. The first-order valence-corrected chi connectivity index (χ1v) is 12.0. The van der Waals surface area contributed by atoms with Crippen LogP contribution in [-0.2, 0) is 15.1 Å². The average molecular weight is 483 g/mol. The minimum Gasteiger partial charge on any atom is -0.453 e. The van der Waals surface area contributed by atoms with E-state index in [4.69, 9.17) is 14.2 Å². The quantitative estimate of drug-likeness (QED) is 0.423. The third-order valence-electron chi connectivity index (χ3n) is 6.92. The molecule has 1 saturated heterocycles. The Labute approximate surface area is 208 Å². The van der Waals surface area contributed by atoms with Gasteiger partial charge in [-0.2, -0.15) is 4.98 Å². The molecule has 2 aliphatic rings. The fourth-order valence-electron chi connectivity index (χ4n) is 5.13. The van der Waals surface area contributed by atoms with Crippen molar-refractivity contribution in [2.75, 3.05) is 6.61 Å². The van der Waals surface area contributed by atoms with Crippen molar-refractivity contribution < 1.29 is 19.3 Å². The highest BCUT2D eigenvalue weighted by molar-refractivity contribution is 5.47. The molecule has 0 saturated carbocycles. The van der Waals surface area contributed by atoms with Gasteiger partial charge in [-0.15, -0.1) is 0 Å². The number of aliphatic hydroxyl groups is 1. The van der Waals surface area contributed by atoms with Crippen LogP contribution in [0.3, 0.4) is 0 Å². The summed E-state index contributed by atoms with van der Waals surface area (Å²) in [5.41, 5.74) is 2.11. The number of hydrogen-bond acceptors (Lipinski definition) is 6. The molecule has 4 atom stereocenters. The van der Waals surface area contributed by atoms with Crippen LogP contribution in [0.25, 0.3) is 0 Å². The molecule has 4 aromatic rings. The van der Waals surface area contributed by atoms with Gasteiger partial charge in [-0.05, 0) is 23.6 Å². The van der Waals surface area contributed by atoms with Crippen molar-refractivity contribution in [2.24, 2.45) is 0 Å². The van der Waals surface area contributed by atoms with Crippen molar-refractivity contribution in [1.82, 2.24) is 9.55 Å². The van der Waals surface area contributed by atoms with Gasteiger partial charge in [0.25, 0.3) is 5.56 Å². The lowest BCUT2D eigenvalue weighted by atomic mass is 9.80. The zero-order chi connectivity index (χ0) is 24.7. The summed E-state index contributed by atoms with van der Waals surface area (Å²) in [5, 5.41) is 11.1. The van der Waals surface area contributed by atoms with E-state index in [2.05, 4.69) is 4.98 Å². The Kier molecular flexibility index (Phi) is 5.68. The fourth-order valence-corrected chi connectivity index (χ4v) is 5.13. The monoisotopic (exact) mass is 482 g/mol. The molecule has 0 radical (unpaired) electrons. The molecule has 0 spiro atoms. The summed E-state index contributed by atoms with van der Waals surface area (Å²) in [7, 11) is 0. The van der Waals surface area contributed by atoms with E-state index in [1.165, 1.54) is 0 Å². The number of fused-ring (bicyclic) bond motifs is 3. The van der Waals surface area contributed by atoms with Gasteiger partial charge < -0.3 is 19.3 Å². The van der Waals surface area contributed by atoms with Gasteiger partial charge in [0.1, 0.15) is 17.8 Å². The lowest BCUT2D eigenvalue weighted by molar-refractivity contribution is -0.0936. The zero-order valence-electron chi connectivity index (χ0n) is 19.7. The molecule has 0 aliphatic carbocycles. The molecule has 2 aliphatic heterocycles. The number of ether oxygens (including phenoxy) is 3. The molecule has 3 aromatic carbocycles. The number of aliphatic hydroxyl groups excluding tert-OH is 1. The van der Waals surface area contributed by atoms with Gasteiger partial charge in [-0.3, -0.25) is 9.36 Å². The highest BCUT2D eigenvalue weighted by atomic mass is 16.6. The van der Waals surface area contributed by atoms with Gasteiger partial charge in [0.05, 0.1) is 6.61 Å². The summed E-state index contributed by atoms with van der Waals surface area (Å²) in [6.07, 6.45) is -1.22. The van der Waals surface area contributed by atoms with Crippen LogP contribution in [-0.4, -0.2) is 39.6 Å². The minimum atomic E-state index is -0.966. The van der Waals surface area contributed by atoms with Crippen molar-refractivity contribution in [3.05, 3.63) is 130 Å². The number of nitrogens with zero attached hydrogens (tertiary/aromatic N) is 2. The second-order valence-electron chi connectivity index (χ2n) is 9.15. The van der Waals surface area contributed by atoms with E-state index in [9.17, 15) is 9.90 Å². The topological polar surface area (TPSA) is 82.8 Å². The van der Waals surface area contributed by atoms with E-state index >= 15 is 0 Å². The number of hydrogen-bond donors (Lipinski definition) is 1. The van der Waals surface area contributed by atoms with E-state index in [0.29, 0.717) is 5.56 Å². The Bertz CT molecular complexity index is 1310. The van der Waals surface area contributed by atoms with Gasteiger partial charge >= 0.3 is 6.01 Å². The van der Waals surface area contributed by atoms with E-state index in [-0.39, 0.29) is 18.2 Å². The number of rotatable bonds is 6. The van der Waals surface area contributed by atoms with Crippen LogP contribution in [0.4, 0.5) is 0 Å². The zero-order valence-corrected chi connectivity index (χ0v) is 19.7. The second kappa shape index (κ2) is 9.02. The third-order valence-corrected chi connectivity index (χ3v) is 6.92. The molecule has 6 rings (SSSR count). The molecular weight excluding hydrogens is 456 g/mol. The molecule has 0 bridgehead atoms. The number of benzene rings is 3. The maximum Gasteiger partial charge on any atom is 0.302 e. The maximum atomic E-state index is 11.9. The minimum absolute atomic E-state index is 0.109. The molecule has 0 unspecified atom stereocenters. The third kappa shape index (κ3) is 3.64. The standard InChI is InChI=1S/C29H26N2O5/c1-19-17-31-27-25(36-28(31)30-26(19)33)24(32)23(35-27)18-34-29(20-11-5-2-6-12-20,21-13-7-3-8-14-21)22-15-9-4-10-16-22/h2-17,23-25,27,32H,18H2,1H3/t23-,24-,25+,27-/m1/s1. The Hall–Kier alpha value is -3.78. The van der Waals surface area contributed by atoms with Crippen molar-refractivity contribution in [1.29, 1.82) is 0 Å². The number of aryl methyl sites for hydroxylation is 1. The molecular formula is C29H26N2O5. The van der Waals surface area contributed by atoms with E-state index in [0.717, 1.165) is 16.7 Å². The first kappa shape index (κ1) is 22.7. The first-order valence-electron chi connectivity index (χ1n) is 12.0. The molecule has 7 nitrogen and oxygen atoms in total. The van der Waals surface area contributed by atoms with Crippen LogP contribution in [0.15, 0.2) is 102 Å². The first-order chi connectivity index (χ1) is 17.6. The molecule has 182 valence electrons. The van der Waals surface area contributed by atoms with Crippen LogP contribution in [0, 0.1) is 6.92 Å². The van der Waals surface area contributed by atoms with Crippen molar-refractivity contribution >= 4 is 0 Å². The fraction of sp³-hybridized carbons (Fsp3) is 0.241. The highest BCUT2D eigenvalue weighted by Crippen LogP contribution is 2.43. The summed E-state index contributed by atoms with van der Waals surface area (Å²) in [6.45, 7) is 1.80. The van der Waals surface area contributed by atoms with E-state index in [1.54, 1.807) is 17.7 Å². The van der Waals surface area contributed by atoms with Crippen LogP contribution in [0.2, 0.25) is 0 Å². The van der Waals surface area contributed by atoms with Gasteiger partial charge in [0.15, 0.2) is 12.3 Å². The molecule has 0 amide bonds. The summed E-state index contributed by atoms with van der Waals surface area (Å²) in [4.78, 5) is 15.9. The molecule has 1 fully saturated rings. The lowest BCUT2D eigenvalue weighted by Crippen LogP contribution is -2.40. The predicted molar refractivity (Wildman–Crippen MR) is 133 cm³/mol. The molecule has 3 heterocycles. The largest absolute Gasteiger partial charge is 0.453 e. The molecule has 36 heavy (non-hydrogen) atoms. The summed E-state index contributed by atoms with van der Waals surface area (Å²) in [6, 6.07) is 30.3. The Morgan fingerprint density at radius 2 is 1.44 bits per heavy atom. The second-order valence-corrected chi connectivity index (χ2v) is 9.15. The lowest BCUT2D eigenvalue weighted by Gasteiger charge is -2.37. The molecule has 1 N–H and O–H groups in total. The SMILES string of the molecule is Cc1cn2c(nc1=O)O[C@H]1[C@H](O)[C@@H](COC(c3ccccc3)(c3ccccc3)c3ccccc3)O[C@H]12. The van der Waals surface area contributed by atoms with Gasteiger partial charge in [0.2, 0.25) is 0 Å². The van der Waals surface area contributed by atoms with E-state index < -0.39 is 30.1 Å². The van der Waals surface area contributed by atoms with Gasteiger partial charge in [-0.25, -0.2) is 0 Å². The van der Waals surface area contributed by atoms with Crippen molar-refractivity contribution in [3.63, 3.8) is 0 Å². The summed E-state index contributed by atoms with van der Waals surface area (Å²) >= 11 is 0. The number of aromatic nitrogens is 2. The average Bonchev–Trinajstić information content (AvgIpc) is 3.42. The molecule has 1 aromatic heterocycles.